The summed E-state index contributed by atoms with van der Waals surface area (Å²) >= 11 is 0. The molecule has 0 radical (unpaired) electrons. The Labute approximate surface area is 307 Å². The molecule has 22 nitrogen and oxygen atoms in total. The molecule has 2 fully saturated rings. The average molecular weight is 782 g/mol. The summed E-state index contributed by atoms with van der Waals surface area (Å²) in [7, 11) is -5.22. The summed E-state index contributed by atoms with van der Waals surface area (Å²) < 4.78 is 61.8. The summed E-state index contributed by atoms with van der Waals surface area (Å²) in [5, 5.41) is 7.09. The highest BCUT2D eigenvalue weighted by Crippen LogP contribution is 2.48. The number of phosphoric acid groups is 1. The SMILES string of the molecule is CCCO[C@H]1OC(COP(=O)(O)O[C@H]2OC(CC)[C@@H](OC(C)=O)[C@H](OC(C)=O)C2N=[N+]=[N-])[C@@H](OC(C)=O)[C@H](OC(C)=O)C1N=[N+]=[N-].CCN(CC)CC. The van der Waals surface area contributed by atoms with Gasteiger partial charge in [0.1, 0.15) is 24.3 Å². The molecule has 0 saturated carbocycles. The quantitative estimate of drug-likeness (QED) is 0.0516. The first kappa shape index (κ1) is 47.5. The Bertz CT molecular complexity index is 1340. The van der Waals surface area contributed by atoms with Crippen LogP contribution in [0, 0.1) is 0 Å². The number of esters is 4. The Hall–Kier alpha value is -3.55. The first-order valence-corrected chi connectivity index (χ1v) is 18.6. The largest absolute Gasteiger partial charge is 0.474 e. The number of phosphoric ester groups is 1. The van der Waals surface area contributed by atoms with E-state index in [0.29, 0.717) is 6.42 Å². The molecule has 0 aromatic heterocycles. The Balaban J connectivity index is 0.00000181. The predicted molar refractivity (Wildman–Crippen MR) is 182 cm³/mol. The van der Waals surface area contributed by atoms with E-state index in [9.17, 15) is 34.2 Å². The molecule has 302 valence electrons. The van der Waals surface area contributed by atoms with E-state index < -0.39 is 99.6 Å². The monoisotopic (exact) mass is 781 g/mol. The maximum absolute atomic E-state index is 13.2. The van der Waals surface area contributed by atoms with Crippen molar-refractivity contribution in [1.29, 1.82) is 0 Å². The topological polar surface area (TPSA) is 289 Å². The number of hydrogen-bond acceptors (Lipinski definition) is 17. The Kier molecular flexibility index (Phi) is 21.5. The van der Waals surface area contributed by atoms with Crippen molar-refractivity contribution < 1.29 is 70.8 Å². The second kappa shape index (κ2) is 24.0. The normalized spacial score (nSPS) is 29.1. The Morgan fingerprint density at radius 3 is 1.51 bits per heavy atom. The van der Waals surface area contributed by atoms with Crippen LogP contribution in [0.15, 0.2) is 10.2 Å². The van der Waals surface area contributed by atoms with Crippen LogP contribution >= 0.6 is 7.82 Å². The lowest BCUT2D eigenvalue weighted by molar-refractivity contribution is -0.273. The molecule has 0 spiro atoms. The molecular formula is C30H52N7O15P. The minimum atomic E-state index is -5.22. The van der Waals surface area contributed by atoms with Gasteiger partial charge >= 0.3 is 31.7 Å². The maximum Gasteiger partial charge on any atom is 0.474 e. The van der Waals surface area contributed by atoms with Crippen LogP contribution in [-0.2, 0) is 65.9 Å². The third kappa shape index (κ3) is 15.8. The average Bonchev–Trinajstić information content (AvgIpc) is 3.07. The number of ether oxygens (including phenoxy) is 7. The predicted octanol–water partition coefficient (Wildman–Crippen LogP) is 3.84. The lowest BCUT2D eigenvalue weighted by Gasteiger charge is -2.44. The molecule has 2 rings (SSSR count). The minimum absolute atomic E-state index is 0.0958. The molecule has 2 heterocycles. The van der Waals surface area contributed by atoms with Gasteiger partial charge in [0.05, 0.1) is 6.61 Å². The molecule has 11 atom stereocenters. The van der Waals surface area contributed by atoms with Crippen LogP contribution in [-0.4, -0.2) is 128 Å². The van der Waals surface area contributed by atoms with Crippen LogP contribution in [0.25, 0.3) is 20.9 Å². The second-order valence-electron chi connectivity index (χ2n) is 11.5. The van der Waals surface area contributed by atoms with E-state index in [1.54, 1.807) is 13.8 Å². The van der Waals surface area contributed by atoms with E-state index in [1.807, 2.05) is 0 Å². The number of carbonyl (C=O) groups is 4. The van der Waals surface area contributed by atoms with Gasteiger partial charge in [-0.15, -0.1) is 0 Å². The molecule has 2 saturated heterocycles. The van der Waals surface area contributed by atoms with Crippen molar-refractivity contribution in [3.63, 3.8) is 0 Å². The highest BCUT2D eigenvalue weighted by molar-refractivity contribution is 7.47. The summed E-state index contributed by atoms with van der Waals surface area (Å²) in [6.45, 7) is 17.0. The molecule has 2 aliphatic heterocycles. The molecule has 2 aliphatic rings. The van der Waals surface area contributed by atoms with Crippen molar-refractivity contribution in [2.24, 2.45) is 10.2 Å². The zero-order valence-electron chi connectivity index (χ0n) is 31.5. The molecule has 23 heteroatoms. The number of azide groups is 2. The van der Waals surface area contributed by atoms with E-state index in [4.69, 9.17) is 47.7 Å². The van der Waals surface area contributed by atoms with Gasteiger partial charge in [0.25, 0.3) is 0 Å². The smallest absolute Gasteiger partial charge is 0.458 e. The van der Waals surface area contributed by atoms with E-state index in [1.165, 1.54) is 19.6 Å². The van der Waals surface area contributed by atoms with Crippen LogP contribution in [0.3, 0.4) is 0 Å². The zero-order valence-corrected chi connectivity index (χ0v) is 32.4. The lowest BCUT2D eigenvalue weighted by Crippen LogP contribution is -2.61. The molecule has 0 aromatic carbocycles. The van der Waals surface area contributed by atoms with Gasteiger partial charge < -0.3 is 43.0 Å². The summed E-state index contributed by atoms with van der Waals surface area (Å²) in [4.78, 5) is 66.1. The van der Waals surface area contributed by atoms with Crippen LogP contribution in [0.1, 0.15) is 75.2 Å². The summed E-state index contributed by atoms with van der Waals surface area (Å²) in [6, 6.07) is -2.98. The van der Waals surface area contributed by atoms with Crippen molar-refractivity contribution in [3.05, 3.63) is 20.9 Å². The molecule has 0 bridgehead atoms. The highest BCUT2D eigenvalue weighted by Gasteiger charge is 2.53. The van der Waals surface area contributed by atoms with Gasteiger partial charge in [0.15, 0.2) is 37.0 Å². The van der Waals surface area contributed by atoms with Crippen molar-refractivity contribution in [2.45, 2.75) is 136 Å². The van der Waals surface area contributed by atoms with Crippen molar-refractivity contribution in [3.8, 4) is 0 Å². The molecule has 0 amide bonds. The second-order valence-corrected chi connectivity index (χ2v) is 12.9. The van der Waals surface area contributed by atoms with E-state index in [2.05, 4.69) is 45.7 Å². The first-order chi connectivity index (χ1) is 25.0. The Morgan fingerprint density at radius 1 is 0.717 bits per heavy atom. The Morgan fingerprint density at radius 2 is 1.13 bits per heavy atom. The van der Waals surface area contributed by atoms with Crippen LogP contribution in [0.5, 0.6) is 0 Å². The number of carbonyl (C=O) groups excluding carboxylic acids is 4. The van der Waals surface area contributed by atoms with E-state index in [-0.39, 0.29) is 13.0 Å². The van der Waals surface area contributed by atoms with Crippen LogP contribution in [0.2, 0.25) is 0 Å². The first-order valence-electron chi connectivity index (χ1n) is 17.1. The summed E-state index contributed by atoms with van der Waals surface area (Å²) in [6.07, 6.45) is -10.9. The van der Waals surface area contributed by atoms with Crippen LogP contribution < -0.4 is 0 Å². The standard InChI is InChI=1S/C24H37N6O15P.C6H15N/c1-7-9-37-23-17(27-29-25)21(41-13(5)33)20(40-12(4)32)16(44-23)10-38-46(35,36)45-24-18(28-30-26)22(42-14(6)34)19(39-11(3)31)15(8-2)43-24;1-4-7(5-2)6-3/h15-24H,7-10H2,1-6H3,(H,35,36);4-6H2,1-3H3/t15?,16?,17?,18?,19-,20-,21-,22-,23+,24-;/m1./s1. The van der Waals surface area contributed by atoms with E-state index in [0.717, 1.165) is 27.7 Å². The molecule has 53 heavy (non-hydrogen) atoms. The number of nitrogens with zero attached hydrogens (tertiary/aromatic N) is 7. The van der Waals surface area contributed by atoms with Crippen molar-refractivity contribution in [2.75, 3.05) is 32.8 Å². The third-order valence-electron chi connectivity index (χ3n) is 7.68. The maximum atomic E-state index is 13.2. The van der Waals surface area contributed by atoms with E-state index >= 15 is 0 Å². The molecule has 0 aromatic rings. The molecular weight excluding hydrogens is 729 g/mol. The lowest BCUT2D eigenvalue weighted by atomic mass is 9.95. The van der Waals surface area contributed by atoms with Gasteiger partial charge in [0.2, 0.25) is 0 Å². The van der Waals surface area contributed by atoms with Crippen molar-refractivity contribution >= 4 is 31.7 Å². The molecule has 0 aliphatic carbocycles. The third-order valence-corrected chi connectivity index (χ3v) is 8.63. The van der Waals surface area contributed by atoms with Gasteiger partial charge in [-0.25, -0.2) is 4.57 Å². The minimum Gasteiger partial charge on any atom is -0.458 e. The van der Waals surface area contributed by atoms with Gasteiger partial charge in [-0.3, -0.25) is 28.2 Å². The number of rotatable bonds is 18. The van der Waals surface area contributed by atoms with Gasteiger partial charge in [0, 0.05) is 44.1 Å². The van der Waals surface area contributed by atoms with Gasteiger partial charge in [-0.05, 0) is 43.5 Å². The van der Waals surface area contributed by atoms with Gasteiger partial charge in [-0.2, -0.15) is 0 Å². The highest BCUT2D eigenvalue weighted by atomic mass is 31.2. The molecule has 5 unspecified atom stereocenters. The van der Waals surface area contributed by atoms with Crippen LogP contribution in [0.4, 0.5) is 0 Å². The zero-order chi connectivity index (χ0) is 40.3. The molecule has 1 N–H and O–H groups in total. The van der Waals surface area contributed by atoms with Crippen molar-refractivity contribution in [1.82, 2.24) is 4.90 Å². The fourth-order valence-corrected chi connectivity index (χ4v) is 6.22. The summed E-state index contributed by atoms with van der Waals surface area (Å²) in [5.74, 6) is -3.34. The summed E-state index contributed by atoms with van der Waals surface area (Å²) in [5.41, 5.74) is 18.3. The van der Waals surface area contributed by atoms with Gasteiger partial charge in [-0.1, -0.05) is 44.8 Å². The fraction of sp³-hybridized carbons (Fsp3) is 0.867. The fourth-order valence-electron chi connectivity index (χ4n) is 5.39. The number of hydrogen-bond donors (Lipinski definition) is 1.